The predicted molar refractivity (Wildman–Crippen MR) is 89.9 cm³/mol. The van der Waals surface area contributed by atoms with Gasteiger partial charge in [0.25, 0.3) is 0 Å². The van der Waals surface area contributed by atoms with Crippen LogP contribution in [0, 0.1) is 5.92 Å². The molecule has 0 aromatic heterocycles. The maximum Gasteiger partial charge on any atom is 0.193 e. The molecule has 0 radical (unpaired) electrons. The van der Waals surface area contributed by atoms with Gasteiger partial charge in [-0.05, 0) is 24.5 Å². The molecule has 6 nitrogen and oxygen atoms in total. The number of anilines is 1. The molecule has 1 aromatic rings. The third-order valence-electron chi connectivity index (χ3n) is 2.84. The number of ether oxygens (including phenoxy) is 3. The van der Waals surface area contributed by atoms with Crippen LogP contribution in [0.2, 0.25) is 0 Å². The van der Waals surface area contributed by atoms with Crippen molar-refractivity contribution < 1.29 is 14.2 Å². The van der Waals surface area contributed by atoms with Crippen LogP contribution in [0.3, 0.4) is 0 Å². The molecule has 1 rings (SSSR count). The number of methoxy groups -OCH3 is 2. The molecule has 6 heteroatoms. The lowest BCUT2D eigenvalue weighted by atomic mass is 10.2. The fraction of sp³-hybridized carbons (Fsp3) is 0.562. The van der Waals surface area contributed by atoms with Crippen LogP contribution in [0.5, 0.6) is 11.5 Å². The van der Waals surface area contributed by atoms with E-state index in [-0.39, 0.29) is 0 Å². The average Bonchev–Trinajstić information content (AvgIpc) is 2.50. The molecule has 0 fully saturated rings. The number of nitrogens with one attached hydrogen (secondary N) is 1. The third-order valence-corrected chi connectivity index (χ3v) is 2.84. The van der Waals surface area contributed by atoms with Crippen LogP contribution < -0.4 is 20.5 Å². The SMILES string of the molecule is COc1ccc(NC(N)=NCCCOCC(C)C)cc1OC. The summed E-state index contributed by atoms with van der Waals surface area (Å²) in [4.78, 5) is 4.27. The van der Waals surface area contributed by atoms with Gasteiger partial charge in [-0.25, -0.2) is 0 Å². The van der Waals surface area contributed by atoms with E-state index in [2.05, 4.69) is 24.2 Å². The fourth-order valence-electron chi connectivity index (χ4n) is 1.79. The Morgan fingerprint density at radius 2 is 1.95 bits per heavy atom. The zero-order chi connectivity index (χ0) is 16.4. The number of nitrogens with zero attached hydrogens (tertiary/aromatic N) is 1. The highest BCUT2D eigenvalue weighted by Crippen LogP contribution is 2.29. The Morgan fingerprint density at radius 3 is 2.59 bits per heavy atom. The van der Waals surface area contributed by atoms with Crippen LogP contribution in [0.25, 0.3) is 0 Å². The van der Waals surface area contributed by atoms with Gasteiger partial charge in [0.15, 0.2) is 17.5 Å². The first-order valence-electron chi connectivity index (χ1n) is 7.43. The fourth-order valence-corrected chi connectivity index (χ4v) is 1.79. The Bertz CT molecular complexity index is 476. The van der Waals surface area contributed by atoms with Crippen molar-refractivity contribution in [3.63, 3.8) is 0 Å². The van der Waals surface area contributed by atoms with Crippen LogP contribution >= 0.6 is 0 Å². The Hall–Kier alpha value is -1.95. The topological polar surface area (TPSA) is 78.1 Å². The van der Waals surface area contributed by atoms with Crippen LogP contribution in [-0.4, -0.2) is 39.9 Å². The van der Waals surface area contributed by atoms with E-state index in [9.17, 15) is 0 Å². The molecule has 0 spiro atoms. The first-order chi connectivity index (χ1) is 10.6. The van der Waals surface area contributed by atoms with Crippen molar-refractivity contribution in [2.24, 2.45) is 16.6 Å². The minimum Gasteiger partial charge on any atom is -0.493 e. The van der Waals surface area contributed by atoms with Gasteiger partial charge < -0.3 is 25.3 Å². The minimum atomic E-state index is 0.371. The zero-order valence-corrected chi connectivity index (χ0v) is 13.9. The van der Waals surface area contributed by atoms with Crippen molar-refractivity contribution in [1.29, 1.82) is 0 Å². The van der Waals surface area contributed by atoms with E-state index in [0.717, 1.165) is 18.7 Å². The highest BCUT2D eigenvalue weighted by Gasteiger charge is 2.04. The van der Waals surface area contributed by atoms with Gasteiger partial charge in [-0.1, -0.05) is 13.8 Å². The van der Waals surface area contributed by atoms with Crippen molar-refractivity contribution in [3.05, 3.63) is 18.2 Å². The summed E-state index contributed by atoms with van der Waals surface area (Å²) in [5.41, 5.74) is 6.66. The third kappa shape index (κ3) is 6.67. The average molecular weight is 309 g/mol. The second kappa shape index (κ2) is 9.89. The lowest BCUT2D eigenvalue weighted by Gasteiger charge is -2.11. The summed E-state index contributed by atoms with van der Waals surface area (Å²) < 4.78 is 15.9. The molecule has 22 heavy (non-hydrogen) atoms. The molecule has 0 atom stereocenters. The summed E-state index contributed by atoms with van der Waals surface area (Å²) in [7, 11) is 3.19. The summed E-state index contributed by atoms with van der Waals surface area (Å²) in [6.45, 7) is 6.37. The molecule has 0 amide bonds. The van der Waals surface area contributed by atoms with E-state index in [1.54, 1.807) is 14.2 Å². The molecular weight excluding hydrogens is 282 g/mol. The molecule has 0 aliphatic carbocycles. The van der Waals surface area contributed by atoms with Gasteiger partial charge >= 0.3 is 0 Å². The zero-order valence-electron chi connectivity index (χ0n) is 13.9. The number of hydrogen-bond acceptors (Lipinski definition) is 4. The summed E-state index contributed by atoms with van der Waals surface area (Å²) in [5, 5.41) is 3.03. The second-order valence-electron chi connectivity index (χ2n) is 5.28. The molecule has 0 aliphatic rings. The van der Waals surface area contributed by atoms with Crippen molar-refractivity contribution in [2.45, 2.75) is 20.3 Å². The molecule has 0 aliphatic heterocycles. The lowest BCUT2D eigenvalue weighted by Crippen LogP contribution is -2.23. The van der Waals surface area contributed by atoms with E-state index in [1.807, 2.05) is 18.2 Å². The first-order valence-corrected chi connectivity index (χ1v) is 7.43. The lowest BCUT2D eigenvalue weighted by molar-refractivity contribution is 0.109. The molecule has 0 bridgehead atoms. The highest BCUT2D eigenvalue weighted by molar-refractivity contribution is 5.92. The molecule has 0 unspecified atom stereocenters. The van der Waals surface area contributed by atoms with E-state index >= 15 is 0 Å². The number of aliphatic imine (C=N–C) groups is 1. The Labute approximate surface area is 132 Å². The van der Waals surface area contributed by atoms with Gasteiger partial charge in [-0.3, -0.25) is 4.99 Å². The minimum absolute atomic E-state index is 0.371. The number of rotatable bonds is 9. The summed E-state index contributed by atoms with van der Waals surface area (Å²) >= 11 is 0. The Kier molecular flexibility index (Phi) is 8.14. The standard InChI is InChI=1S/C16H27N3O3/c1-12(2)11-22-9-5-8-18-16(17)19-13-6-7-14(20-3)15(10-13)21-4/h6-7,10,12H,5,8-9,11H2,1-4H3,(H3,17,18,19). The van der Waals surface area contributed by atoms with E-state index in [1.165, 1.54) is 0 Å². The summed E-state index contributed by atoms with van der Waals surface area (Å²) in [6.07, 6.45) is 0.848. The normalized spacial score (nSPS) is 11.6. The molecule has 3 N–H and O–H groups in total. The maximum atomic E-state index is 5.86. The number of guanidine groups is 1. The van der Waals surface area contributed by atoms with E-state index < -0.39 is 0 Å². The van der Waals surface area contributed by atoms with Gasteiger partial charge in [-0.15, -0.1) is 0 Å². The Morgan fingerprint density at radius 1 is 1.23 bits per heavy atom. The van der Waals surface area contributed by atoms with E-state index in [0.29, 0.717) is 36.5 Å². The largest absolute Gasteiger partial charge is 0.493 e. The van der Waals surface area contributed by atoms with Crippen LogP contribution in [0.4, 0.5) is 5.69 Å². The van der Waals surface area contributed by atoms with Crippen molar-refractivity contribution in [2.75, 3.05) is 39.3 Å². The predicted octanol–water partition coefficient (Wildman–Crippen LogP) is 2.49. The van der Waals surface area contributed by atoms with Crippen molar-refractivity contribution in [1.82, 2.24) is 0 Å². The summed E-state index contributed by atoms with van der Waals surface area (Å²) in [6, 6.07) is 5.48. The molecular formula is C16H27N3O3. The molecule has 0 saturated carbocycles. The maximum absolute atomic E-state index is 5.86. The smallest absolute Gasteiger partial charge is 0.193 e. The molecule has 0 heterocycles. The van der Waals surface area contributed by atoms with Crippen LogP contribution in [0.15, 0.2) is 23.2 Å². The number of benzene rings is 1. The van der Waals surface area contributed by atoms with Crippen molar-refractivity contribution in [3.8, 4) is 11.5 Å². The monoisotopic (exact) mass is 309 g/mol. The van der Waals surface area contributed by atoms with Crippen LogP contribution in [-0.2, 0) is 4.74 Å². The second-order valence-corrected chi connectivity index (χ2v) is 5.28. The van der Waals surface area contributed by atoms with Gasteiger partial charge in [0.2, 0.25) is 0 Å². The van der Waals surface area contributed by atoms with Crippen LogP contribution in [0.1, 0.15) is 20.3 Å². The van der Waals surface area contributed by atoms with Gasteiger partial charge in [-0.2, -0.15) is 0 Å². The number of nitrogens with two attached hydrogens (primary N) is 1. The quantitative estimate of drug-likeness (QED) is 0.416. The summed E-state index contributed by atoms with van der Waals surface area (Å²) in [5.74, 6) is 2.24. The molecule has 124 valence electrons. The van der Waals surface area contributed by atoms with E-state index in [4.69, 9.17) is 19.9 Å². The number of hydrogen-bond donors (Lipinski definition) is 2. The highest BCUT2D eigenvalue weighted by atomic mass is 16.5. The van der Waals surface area contributed by atoms with Crippen molar-refractivity contribution >= 4 is 11.6 Å². The van der Waals surface area contributed by atoms with Gasteiger partial charge in [0.05, 0.1) is 14.2 Å². The van der Waals surface area contributed by atoms with Gasteiger partial charge in [0.1, 0.15) is 0 Å². The van der Waals surface area contributed by atoms with Gasteiger partial charge in [0, 0.05) is 31.5 Å². The molecule has 1 aromatic carbocycles. The Balaban J connectivity index is 2.40. The first kappa shape index (κ1) is 18.1. The molecule has 0 saturated heterocycles.